The Kier molecular flexibility index (Phi) is 4.42. The number of hydrogen-bond acceptors (Lipinski definition) is 4. The highest BCUT2D eigenvalue weighted by Crippen LogP contribution is 2.39. The zero-order valence-corrected chi connectivity index (χ0v) is 11.1. The molecule has 4 heteroatoms. The lowest BCUT2D eigenvalue weighted by Gasteiger charge is -2.39. The Morgan fingerprint density at radius 1 is 1.18 bits per heavy atom. The van der Waals surface area contributed by atoms with Crippen molar-refractivity contribution in [1.82, 2.24) is 9.80 Å². The van der Waals surface area contributed by atoms with E-state index in [-0.39, 0.29) is 0 Å². The predicted molar refractivity (Wildman–Crippen MR) is 69.9 cm³/mol. The van der Waals surface area contributed by atoms with Crippen LogP contribution in [0.5, 0.6) is 0 Å². The summed E-state index contributed by atoms with van der Waals surface area (Å²) in [5.41, 5.74) is 5.13. The molecule has 0 aromatic heterocycles. The minimum Gasteiger partial charge on any atom is -0.387 e. The molecule has 1 saturated heterocycles. The van der Waals surface area contributed by atoms with E-state index in [9.17, 15) is 5.11 Å². The maximum atomic E-state index is 10.5. The normalized spacial score (nSPS) is 27.0. The van der Waals surface area contributed by atoms with E-state index >= 15 is 0 Å². The Bertz CT molecular complexity index is 237. The van der Waals surface area contributed by atoms with Crippen molar-refractivity contribution in [2.45, 2.75) is 31.8 Å². The van der Waals surface area contributed by atoms with Crippen molar-refractivity contribution in [3.05, 3.63) is 0 Å². The standard InChI is InChI=1S/C13H27N3O/c1-2-5-15-6-8-16(9-7-15)11-13(17,10-14)12-3-4-12/h12,17H,2-11,14H2,1H3. The number of hydrogen-bond donors (Lipinski definition) is 2. The lowest BCUT2D eigenvalue weighted by Crippen LogP contribution is -2.55. The number of rotatable bonds is 6. The molecular weight excluding hydrogens is 214 g/mol. The summed E-state index contributed by atoms with van der Waals surface area (Å²) in [5.74, 6) is 0.459. The third-order valence-electron chi connectivity index (χ3n) is 4.19. The Labute approximate surface area is 105 Å². The molecule has 1 atom stereocenters. The van der Waals surface area contributed by atoms with E-state index < -0.39 is 5.60 Å². The monoisotopic (exact) mass is 241 g/mol. The lowest BCUT2D eigenvalue weighted by molar-refractivity contribution is -0.0197. The maximum absolute atomic E-state index is 10.5. The van der Waals surface area contributed by atoms with Gasteiger partial charge >= 0.3 is 0 Å². The van der Waals surface area contributed by atoms with E-state index in [4.69, 9.17) is 5.73 Å². The van der Waals surface area contributed by atoms with E-state index in [1.807, 2.05) is 0 Å². The van der Waals surface area contributed by atoms with Gasteiger partial charge in [0.15, 0.2) is 0 Å². The fourth-order valence-electron chi connectivity index (χ4n) is 2.86. The molecule has 0 radical (unpaired) electrons. The van der Waals surface area contributed by atoms with Crippen LogP contribution >= 0.6 is 0 Å². The smallest absolute Gasteiger partial charge is 0.0923 e. The first-order valence-electron chi connectivity index (χ1n) is 7.05. The average Bonchev–Trinajstić information content (AvgIpc) is 3.16. The summed E-state index contributed by atoms with van der Waals surface area (Å²) in [6, 6.07) is 0. The number of β-amino-alcohol motifs (C(OH)–C–C–N with tert-alkyl or cyclic N) is 1. The molecule has 2 aliphatic rings. The minimum absolute atomic E-state index is 0.410. The van der Waals surface area contributed by atoms with Gasteiger partial charge in [0.2, 0.25) is 0 Å². The highest BCUT2D eigenvalue weighted by Gasteiger charge is 2.43. The van der Waals surface area contributed by atoms with Crippen molar-refractivity contribution in [2.75, 3.05) is 45.8 Å². The third-order valence-corrected chi connectivity index (χ3v) is 4.19. The molecule has 0 spiro atoms. The van der Waals surface area contributed by atoms with Crippen LogP contribution in [0.1, 0.15) is 26.2 Å². The topological polar surface area (TPSA) is 52.7 Å². The first-order chi connectivity index (χ1) is 8.18. The fourth-order valence-corrected chi connectivity index (χ4v) is 2.86. The molecule has 0 aromatic carbocycles. The van der Waals surface area contributed by atoms with Gasteiger partial charge in [0.05, 0.1) is 5.60 Å². The van der Waals surface area contributed by atoms with Crippen molar-refractivity contribution in [2.24, 2.45) is 11.7 Å². The Morgan fingerprint density at radius 3 is 2.24 bits per heavy atom. The second kappa shape index (κ2) is 5.65. The Morgan fingerprint density at radius 2 is 1.76 bits per heavy atom. The van der Waals surface area contributed by atoms with Crippen LogP contribution in [0.2, 0.25) is 0 Å². The van der Waals surface area contributed by atoms with Crippen molar-refractivity contribution >= 4 is 0 Å². The number of aliphatic hydroxyl groups is 1. The summed E-state index contributed by atoms with van der Waals surface area (Å²) >= 11 is 0. The highest BCUT2D eigenvalue weighted by atomic mass is 16.3. The summed E-state index contributed by atoms with van der Waals surface area (Å²) in [6.45, 7) is 9.05. The van der Waals surface area contributed by atoms with Crippen LogP contribution in [0, 0.1) is 5.92 Å². The average molecular weight is 241 g/mol. The lowest BCUT2D eigenvalue weighted by atomic mass is 9.97. The molecule has 1 aliphatic heterocycles. The van der Waals surface area contributed by atoms with Gasteiger partial charge in [-0.25, -0.2) is 0 Å². The van der Waals surface area contributed by atoms with Crippen LogP contribution in [0.3, 0.4) is 0 Å². The molecule has 4 nitrogen and oxygen atoms in total. The van der Waals surface area contributed by atoms with Crippen LogP contribution in [0.15, 0.2) is 0 Å². The summed E-state index contributed by atoms with van der Waals surface area (Å²) in [4.78, 5) is 4.90. The molecule has 1 saturated carbocycles. The number of piperazine rings is 1. The van der Waals surface area contributed by atoms with E-state index in [2.05, 4.69) is 16.7 Å². The van der Waals surface area contributed by atoms with Gasteiger partial charge in [-0.2, -0.15) is 0 Å². The molecule has 0 amide bonds. The number of nitrogens with zero attached hydrogens (tertiary/aromatic N) is 2. The maximum Gasteiger partial charge on any atom is 0.0923 e. The summed E-state index contributed by atoms with van der Waals surface area (Å²) in [5, 5.41) is 10.5. The molecule has 1 unspecified atom stereocenters. The van der Waals surface area contributed by atoms with E-state index in [1.54, 1.807) is 0 Å². The molecule has 1 aliphatic carbocycles. The van der Waals surface area contributed by atoms with Crippen LogP contribution < -0.4 is 5.73 Å². The van der Waals surface area contributed by atoms with Gasteiger partial charge in [0.25, 0.3) is 0 Å². The quantitative estimate of drug-likeness (QED) is 0.693. The van der Waals surface area contributed by atoms with Gasteiger partial charge in [0, 0.05) is 39.3 Å². The second-order valence-electron chi connectivity index (χ2n) is 5.70. The van der Waals surface area contributed by atoms with E-state index in [1.165, 1.54) is 13.0 Å². The van der Waals surface area contributed by atoms with Crippen LogP contribution in [-0.4, -0.2) is 66.3 Å². The predicted octanol–water partition coefficient (Wildman–Crippen LogP) is 0.114. The van der Waals surface area contributed by atoms with Crippen molar-refractivity contribution < 1.29 is 5.11 Å². The third kappa shape index (κ3) is 3.41. The largest absolute Gasteiger partial charge is 0.387 e. The second-order valence-corrected chi connectivity index (χ2v) is 5.70. The van der Waals surface area contributed by atoms with Crippen LogP contribution in [-0.2, 0) is 0 Å². The molecule has 0 aromatic rings. The molecular formula is C13H27N3O. The van der Waals surface area contributed by atoms with E-state index in [0.29, 0.717) is 12.5 Å². The van der Waals surface area contributed by atoms with Crippen LogP contribution in [0.25, 0.3) is 0 Å². The minimum atomic E-state index is -0.618. The van der Waals surface area contributed by atoms with E-state index in [0.717, 1.165) is 45.6 Å². The van der Waals surface area contributed by atoms with Gasteiger partial charge in [-0.15, -0.1) is 0 Å². The van der Waals surface area contributed by atoms with Gasteiger partial charge in [0.1, 0.15) is 0 Å². The molecule has 100 valence electrons. The highest BCUT2D eigenvalue weighted by molar-refractivity contribution is 4.98. The van der Waals surface area contributed by atoms with Crippen molar-refractivity contribution in [1.29, 1.82) is 0 Å². The molecule has 1 heterocycles. The summed E-state index contributed by atoms with van der Waals surface area (Å²) in [6.07, 6.45) is 3.54. The van der Waals surface area contributed by atoms with Gasteiger partial charge in [-0.3, -0.25) is 4.90 Å². The molecule has 3 N–H and O–H groups in total. The number of nitrogens with two attached hydrogens (primary N) is 1. The van der Waals surface area contributed by atoms with Crippen LogP contribution in [0.4, 0.5) is 0 Å². The fraction of sp³-hybridized carbons (Fsp3) is 1.00. The van der Waals surface area contributed by atoms with Gasteiger partial charge < -0.3 is 15.7 Å². The van der Waals surface area contributed by atoms with Crippen molar-refractivity contribution in [3.8, 4) is 0 Å². The first kappa shape index (κ1) is 13.3. The zero-order valence-electron chi connectivity index (χ0n) is 11.1. The Balaban J connectivity index is 1.76. The van der Waals surface area contributed by atoms with Gasteiger partial charge in [-0.1, -0.05) is 6.92 Å². The molecule has 0 bridgehead atoms. The first-order valence-corrected chi connectivity index (χ1v) is 7.05. The zero-order chi connectivity index (χ0) is 12.3. The van der Waals surface area contributed by atoms with Crippen molar-refractivity contribution in [3.63, 3.8) is 0 Å². The molecule has 2 rings (SSSR count). The summed E-state index contributed by atoms with van der Waals surface area (Å²) < 4.78 is 0. The summed E-state index contributed by atoms with van der Waals surface area (Å²) in [7, 11) is 0. The van der Waals surface area contributed by atoms with Gasteiger partial charge in [-0.05, 0) is 31.7 Å². The SMILES string of the molecule is CCCN1CCN(CC(O)(CN)C2CC2)CC1. The molecule has 17 heavy (non-hydrogen) atoms. The Hall–Kier alpha value is -0.160. The molecule has 2 fully saturated rings.